The molecule has 134 valence electrons. The molecular weight excluding hydrogens is 312 g/mol. The number of benzene rings is 1. The lowest BCUT2D eigenvalue weighted by Gasteiger charge is -2.22. The molecule has 0 spiro atoms. The summed E-state index contributed by atoms with van der Waals surface area (Å²) in [5, 5.41) is 3.68. The maximum atomic E-state index is 7.35. The summed E-state index contributed by atoms with van der Waals surface area (Å²) in [5.74, 6) is 0.443. The molecule has 1 atom stereocenters. The molecule has 0 saturated carbocycles. The van der Waals surface area contributed by atoms with E-state index < -0.39 is 0 Å². The average molecular weight is 340 g/mol. The van der Waals surface area contributed by atoms with Gasteiger partial charge in [-0.2, -0.15) is 5.11 Å². The summed E-state index contributed by atoms with van der Waals surface area (Å²) in [6, 6.07) is 10.3. The van der Waals surface area contributed by atoms with Crippen LogP contribution in [0.4, 0.5) is 5.95 Å². The number of aryl methyl sites for hydroxylation is 1. The minimum absolute atomic E-state index is 0.0812. The molecule has 25 heavy (non-hydrogen) atoms. The van der Waals surface area contributed by atoms with Crippen LogP contribution in [-0.2, 0) is 12.8 Å². The minimum atomic E-state index is -0.159. The molecule has 0 fully saturated rings. The van der Waals surface area contributed by atoms with Gasteiger partial charge in [-0.05, 0) is 36.7 Å². The minimum Gasteiger partial charge on any atom is -0.369 e. The quantitative estimate of drug-likeness (QED) is 0.448. The number of nitrogens with two attached hydrogens (primary N) is 1. The van der Waals surface area contributed by atoms with Crippen molar-refractivity contribution in [3.63, 3.8) is 0 Å². The molecule has 0 radical (unpaired) electrons. The van der Waals surface area contributed by atoms with Crippen molar-refractivity contribution in [1.82, 2.24) is 9.97 Å². The normalized spacial score (nSPS) is 13.2. The summed E-state index contributed by atoms with van der Waals surface area (Å²) >= 11 is 0. The van der Waals surface area contributed by atoms with E-state index in [1.165, 1.54) is 5.56 Å². The fourth-order valence-electron chi connectivity index (χ4n) is 2.80. The van der Waals surface area contributed by atoms with Crippen LogP contribution in [-0.4, -0.2) is 28.8 Å². The fourth-order valence-corrected chi connectivity index (χ4v) is 2.80. The van der Waals surface area contributed by atoms with Crippen LogP contribution in [0.25, 0.3) is 0 Å². The molecule has 4 N–H and O–H groups in total. The number of aliphatic imine (C=N–C) groups is 1. The summed E-state index contributed by atoms with van der Waals surface area (Å²) in [7, 11) is 0. The van der Waals surface area contributed by atoms with E-state index in [9.17, 15) is 0 Å². The molecule has 2 aromatic rings. The largest absolute Gasteiger partial charge is 0.369 e. The Morgan fingerprint density at radius 1 is 1.32 bits per heavy atom. The van der Waals surface area contributed by atoms with Crippen LogP contribution >= 0.6 is 0 Å². The number of hydrogen-bond donors (Lipinski definition) is 3. The number of nitrogens with zero attached hydrogens (tertiary/aromatic N) is 3. The molecule has 6 nitrogen and oxygen atoms in total. The molecule has 0 aliphatic carbocycles. The zero-order valence-electron chi connectivity index (χ0n) is 15.1. The molecular formula is C19H28N6. The van der Waals surface area contributed by atoms with E-state index in [0.29, 0.717) is 5.95 Å². The van der Waals surface area contributed by atoms with Gasteiger partial charge in [0.2, 0.25) is 0 Å². The van der Waals surface area contributed by atoms with Crippen molar-refractivity contribution in [3.05, 3.63) is 47.8 Å². The van der Waals surface area contributed by atoms with Gasteiger partial charge in [0, 0.05) is 18.5 Å². The number of hydrogen-bond acceptors (Lipinski definition) is 5. The predicted octanol–water partition coefficient (Wildman–Crippen LogP) is 4.05. The van der Waals surface area contributed by atoms with Crippen molar-refractivity contribution in [3.8, 4) is 0 Å². The first-order chi connectivity index (χ1) is 12.0. The van der Waals surface area contributed by atoms with E-state index >= 15 is 0 Å². The first-order valence-electron chi connectivity index (χ1n) is 8.68. The Hall–Kier alpha value is -2.50. The summed E-state index contributed by atoms with van der Waals surface area (Å²) in [4.78, 5) is 11.6. The smallest absolute Gasteiger partial charge is 0.197 e. The Balaban J connectivity index is 1.76. The van der Waals surface area contributed by atoms with Crippen LogP contribution in [0.15, 0.2) is 46.6 Å². The third-order valence-electron chi connectivity index (χ3n) is 4.08. The molecule has 1 heterocycles. The Bertz CT molecular complexity index is 674. The van der Waals surface area contributed by atoms with E-state index in [0.717, 1.165) is 37.9 Å². The van der Waals surface area contributed by atoms with Gasteiger partial charge in [-0.25, -0.2) is 10.5 Å². The molecule has 2 rings (SSSR count). The van der Waals surface area contributed by atoms with Crippen LogP contribution in [0.2, 0.25) is 0 Å². The van der Waals surface area contributed by atoms with Crippen LogP contribution in [0.1, 0.15) is 37.9 Å². The van der Waals surface area contributed by atoms with Crippen molar-refractivity contribution < 1.29 is 0 Å². The molecule has 0 aliphatic heterocycles. The molecule has 6 heteroatoms. The van der Waals surface area contributed by atoms with Crippen LogP contribution in [0.3, 0.4) is 0 Å². The van der Waals surface area contributed by atoms with Crippen molar-refractivity contribution in [2.45, 2.75) is 45.6 Å². The Morgan fingerprint density at radius 2 is 2.08 bits per heavy atom. The van der Waals surface area contributed by atoms with Gasteiger partial charge >= 0.3 is 0 Å². The Kier molecular flexibility index (Phi) is 6.86. The SMILES string of the molecule is CC(C)(CN=CC(CCCc1cnc(N)[nH]1)N=N)Cc1ccccc1. The number of H-pyrrole nitrogens is 1. The second-order valence-corrected chi connectivity index (χ2v) is 7.20. The monoisotopic (exact) mass is 340 g/mol. The first-order valence-corrected chi connectivity index (χ1v) is 8.68. The van der Waals surface area contributed by atoms with Gasteiger partial charge in [-0.3, -0.25) is 4.99 Å². The van der Waals surface area contributed by atoms with Crippen molar-refractivity contribution >= 4 is 12.2 Å². The highest BCUT2D eigenvalue weighted by molar-refractivity contribution is 5.64. The molecule has 1 aromatic heterocycles. The molecule has 0 saturated heterocycles. The van der Waals surface area contributed by atoms with Gasteiger partial charge in [0.15, 0.2) is 5.95 Å². The molecule has 0 amide bonds. The number of aromatic nitrogens is 2. The first kappa shape index (κ1) is 18.8. The second-order valence-electron chi connectivity index (χ2n) is 7.20. The number of nitrogens with one attached hydrogen (secondary N) is 2. The lowest BCUT2D eigenvalue weighted by Crippen LogP contribution is -2.20. The third-order valence-corrected chi connectivity index (χ3v) is 4.08. The zero-order chi connectivity index (χ0) is 18.1. The Morgan fingerprint density at radius 3 is 2.72 bits per heavy atom. The Labute approximate surface area is 149 Å². The van der Waals surface area contributed by atoms with E-state index in [1.54, 1.807) is 6.20 Å². The van der Waals surface area contributed by atoms with Crippen molar-refractivity contribution in [2.24, 2.45) is 15.5 Å². The molecule has 1 aromatic carbocycles. The van der Waals surface area contributed by atoms with Crippen molar-refractivity contribution in [1.29, 1.82) is 5.53 Å². The summed E-state index contributed by atoms with van der Waals surface area (Å²) in [6.07, 6.45) is 7.11. The second kappa shape index (κ2) is 9.11. The number of rotatable bonds is 10. The highest BCUT2D eigenvalue weighted by atomic mass is 15.0. The average Bonchev–Trinajstić information content (AvgIpc) is 2.99. The highest BCUT2D eigenvalue weighted by Crippen LogP contribution is 2.22. The number of imidazole rings is 1. The highest BCUT2D eigenvalue weighted by Gasteiger charge is 2.17. The van der Waals surface area contributed by atoms with Gasteiger partial charge in [0.25, 0.3) is 0 Å². The van der Waals surface area contributed by atoms with Crippen LogP contribution in [0, 0.1) is 10.9 Å². The summed E-state index contributed by atoms with van der Waals surface area (Å²) in [5.41, 5.74) is 15.3. The third kappa shape index (κ3) is 6.87. The van der Waals surface area contributed by atoms with E-state index in [1.807, 2.05) is 12.3 Å². The van der Waals surface area contributed by atoms with Gasteiger partial charge in [-0.1, -0.05) is 44.2 Å². The van der Waals surface area contributed by atoms with E-state index in [2.05, 4.69) is 58.2 Å². The van der Waals surface area contributed by atoms with Crippen LogP contribution in [0.5, 0.6) is 0 Å². The number of aromatic amines is 1. The maximum absolute atomic E-state index is 7.35. The summed E-state index contributed by atoms with van der Waals surface area (Å²) in [6.45, 7) is 5.16. The summed E-state index contributed by atoms with van der Waals surface area (Å²) < 4.78 is 0. The number of anilines is 1. The predicted molar refractivity (Wildman–Crippen MR) is 102 cm³/mol. The molecule has 0 bridgehead atoms. The standard InChI is InChI=1S/C19H28N6/c1-19(2,11-15-7-4-3-5-8-15)14-22-12-17(25-21)10-6-9-16-13-23-18(20)24-16/h3-5,7-8,12-13,17,21H,6,9-11,14H2,1-2H3,(H3,20,23,24). The van der Waals surface area contributed by atoms with Crippen molar-refractivity contribution in [2.75, 3.05) is 12.3 Å². The van der Waals surface area contributed by atoms with E-state index in [4.69, 9.17) is 11.3 Å². The van der Waals surface area contributed by atoms with Gasteiger partial charge in [-0.15, -0.1) is 0 Å². The van der Waals surface area contributed by atoms with Crippen LogP contribution < -0.4 is 5.73 Å². The maximum Gasteiger partial charge on any atom is 0.197 e. The van der Waals surface area contributed by atoms with Gasteiger partial charge < -0.3 is 10.7 Å². The molecule has 1 unspecified atom stereocenters. The zero-order valence-corrected chi connectivity index (χ0v) is 15.1. The topological polar surface area (TPSA) is 103 Å². The lowest BCUT2D eigenvalue weighted by atomic mass is 9.86. The van der Waals surface area contributed by atoms with Gasteiger partial charge in [0.05, 0.1) is 6.20 Å². The number of nitrogen functional groups attached to an aromatic ring is 1. The molecule has 0 aliphatic rings. The lowest BCUT2D eigenvalue weighted by molar-refractivity contribution is 0.378. The van der Waals surface area contributed by atoms with Gasteiger partial charge in [0.1, 0.15) is 6.04 Å². The van der Waals surface area contributed by atoms with E-state index in [-0.39, 0.29) is 11.5 Å². The fraction of sp³-hybridized carbons (Fsp3) is 0.474.